The van der Waals surface area contributed by atoms with Gasteiger partial charge in [-0.1, -0.05) is 32.9 Å². The molecule has 1 saturated carbocycles. The number of quaternary nitrogens is 1. The molecule has 1 aromatic rings. The molecule has 2 fully saturated rings. The van der Waals surface area contributed by atoms with Gasteiger partial charge in [-0.05, 0) is 42.7 Å². The van der Waals surface area contributed by atoms with Crippen molar-refractivity contribution < 1.29 is 28.6 Å². The van der Waals surface area contributed by atoms with E-state index in [1.54, 1.807) is 0 Å². The molecule has 0 radical (unpaired) electrons. The van der Waals surface area contributed by atoms with Crippen LogP contribution in [-0.2, 0) is 20.8 Å². The van der Waals surface area contributed by atoms with Gasteiger partial charge in [0.2, 0.25) is 0 Å². The average Bonchev–Trinajstić information content (AvgIpc) is 2.71. The highest BCUT2D eigenvalue weighted by molar-refractivity contribution is 5.89. The van der Waals surface area contributed by atoms with Gasteiger partial charge in [0.25, 0.3) is 0 Å². The molecule has 1 heterocycles. The first-order valence-corrected chi connectivity index (χ1v) is 11.6. The summed E-state index contributed by atoms with van der Waals surface area (Å²) < 4.78 is 17.4. The lowest BCUT2D eigenvalue weighted by atomic mass is 9.71. The van der Waals surface area contributed by atoms with Crippen molar-refractivity contribution in [2.75, 3.05) is 46.6 Å². The molecule has 3 atom stereocenters. The standard InChI is InChI=1S/C25H40NO5/c1-19-13-23(15-25(2,3)14-19)31-18-22(27)17-26(9-11-30-12-10-26)16-20-5-7-21(8-6-20)24(28)29-4/h5-8,19,22-23,27H,9-18H2,1-4H3/q+1/t19-,22-,23+/m1/s1. The number of carbonyl (C=O) groups is 1. The molecule has 31 heavy (non-hydrogen) atoms. The number of carbonyl (C=O) groups excluding carboxylic acids is 1. The van der Waals surface area contributed by atoms with Crippen LogP contribution < -0.4 is 0 Å². The quantitative estimate of drug-likeness (QED) is 0.502. The monoisotopic (exact) mass is 434 g/mol. The zero-order valence-corrected chi connectivity index (χ0v) is 19.6. The smallest absolute Gasteiger partial charge is 0.337 e. The van der Waals surface area contributed by atoms with Crippen molar-refractivity contribution in [1.29, 1.82) is 0 Å². The van der Waals surface area contributed by atoms with Crippen molar-refractivity contribution in [2.45, 2.75) is 58.8 Å². The normalized spacial score (nSPS) is 26.2. The fourth-order valence-corrected chi connectivity index (χ4v) is 5.52. The summed E-state index contributed by atoms with van der Waals surface area (Å²) in [5.41, 5.74) is 2.00. The van der Waals surface area contributed by atoms with Gasteiger partial charge in [-0.15, -0.1) is 0 Å². The Morgan fingerprint density at radius 3 is 2.52 bits per heavy atom. The summed E-state index contributed by atoms with van der Waals surface area (Å²) in [6.45, 7) is 11.9. The van der Waals surface area contributed by atoms with Gasteiger partial charge in [-0.25, -0.2) is 4.79 Å². The van der Waals surface area contributed by atoms with Gasteiger partial charge in [-0.3, -0.25) is 0 Å². The number of nitrogens with zero attached hydrogens (tertiary/aromatic N) is 1. The highest BCUT2D eigenvalue weighted by atomic mass is 16.5. The van der Waals surface area contributed by atoms with Gasteiger partial charge in [-0.2, -0.15) is 0 Å². The van der Waals surface area contributed by atoms with Crippen LogP contribution in [0.15, 0.2) is 24.3 Å². The molecular weight excluding hydrogens is 394 g/mol. The zero-order chi connectivity index (χ0) is 22.5. The summed E-state index contributed by atoms with van der Waals surface area (Å²) in [6.07, 6.45) is 3.11. The highest BCUT2D eigenvalue weighted by Crippen LogP contribution is 2.39. The van der Waals surface area contributed by atoms with Crippen molar-refractivity contribution in [2.24, 2.45) is 11.3 Å². The molecule has 0 bridgehead atoms. The molecule has 174 valence electrons. The maximum Gasteiger partial charge on any atom is 0.337 e. The lowest BCUT2D eigenvalue weighted by Crippen LogP contribution is -2.58. The molecule has 1 aliphatic heterocycles. The number of hydrogen-bond donors (Lipinski definition) is 1. The topological polar surface area (TPSA) is 65.0 Å². The predicted octanol–water partition coefficient (Wildman–Crippen LogP) is 3.41. The van der Waals surface area contributed by atoms with E-state index in [0.29, 0.717) is 43.3 Å². The number of ether oxygens (including phenoxy) is 3. The fourth-order valence-electron chi connectivity index (χ4n) is 5.52. The summed E-state index contributed by atoms with van der Waals surface area (Å²) in [6, 6.07) is 7.58. The molecular formula is C25H40NO5+. The van der Waals surface area contributed by atoms with Crippen LogP contribution >= 0.6 is 0 Å². The molecule has 0 aromatic heterocycles. The van der Waals surface area contributed by atoms with Crippen LogP contribution in [0.3, 0.4) is 0 Å². The van der Waals surface area contributed by atoms with Gasteiger partial charge < -0.3 is 23.8 Å². The van der Waals surface area contributed by atoms with Crippen LogP contribution in [0.2, 0.25) is 0 Å². The van der Waals surface area contributed by atoms with Gasteiger partial charge in [0, 0.05) is 5.56 Å². The summed E-state index contributed by atoms with van der Waals surface area (Å²) >= 11 is 0. The van der Waals surface area contributed by atoms with E-state index in [4.69, 9.17) is 14.2 Å². The van der Waals surface area contributed by atoms with E-state index < -0.39 is 6.10 Å². The number of rotatable bonds is 8. The second kappa shape index (κ2) is 10.4. The Morgan fingerprint density at radius 2 is 1.90 bits per heavy atom. The summed E-state index contributed by atoms with van der Waals surface area (Å²) in [5.74, 6) is 0.339. The van der Waals surface area contributed by atoms with E-state index in [2.05, 4.69) is 20.8 Å². The molecule has 0 unspecified atom stereocenters. The third kappa shape index (κ3) is 7.01. The third-order valence-electron chi connectivity index (χ3n) is 6.78. The van der Waals surface area contributed by atoms with Crippen molar-refractivity contribution in [3.63, 3.8) is 0 Å². The first-order chi connectivity index (χ1) is 14.7. The average molecular weight is 435 g/mol. The Bertz CT molecular complexity index is 711. The van der Waals surface area contributed by atoms with Crippen LogP contribution in [0.5, 0.6) is 0 Å². The van der Waals surface area contributed by atoms with Crippen molar-refractivity contribution >= 4 is 5.97 Å². The van der Waals surface area contributed by atoms with Crippen LogP contribution in [0, 0.1) is 11.3 Å². The maximum atomic E-state index is 11.7. The number of esters is 1. The van der Waals surface area contributed by atoms with E-state index in [9.17, 15) is 9.90 Å². The fraction of sp³-hybridized carbons (Fsp3) is 0.720. The molecule has 1 aliphatic carbocycles. The molecule has 3 rings (SSSR count). The maximum absolute atomic E-state index is 11.7. The largest absolute Gasteiger partial charge is 0.465 e. The van der Waals surface area contributed by atoms with E-state index in [0.717, 1.165) is 42.5 Å². The molecule has 1 N–H and O–H groups in total. The molecule has 0 spiro atoms. The van der Waals surface area contributed by atoms with Gasteiger partial charge >= 0.3 is 5.97 Å². The van der Waals surface area contributed by atoms with Gasteiger partial charge in [0.1, 0.15) is 32.3 Å². The summed E-state index contributed by atoms with van der Waals surface area (Å²) in [5, 5.41) is 10.9. The van der Waals surface area contributed by atoms with E-state index in [1.807, 2.05) is 24.3 Å². The highest BCUT2D eigenvalue weighted by Gasteiger charge is 2.35. The molecule has 2 aliphatic rings. The van der Waals surface area contributed by atoms with E-state index >= 15 is 0 Å². The number of methoxy groups -OCH3 is 1. The number of benzene rings is 1. The SMILES string of the molecule is COC(=O)c1ccc(C[N+]2(C[C@@H](O)CO[C@H]3C[C@@H](C)CC(C)(C)C3)CCOCC2)cc1. The molecule has 1 saturated heterocycles. The summed E-state index contributed by atoms with van der Waals surface area (Å²) in [7, 11) is 1.39. The van der Waals surface area contributed by atoms with Crippen molar-refractivity contribution in [3.8, 4) is 0 Å². The second-order valence-corrected chi connectivity index (χ2v) is 10.5. The number of hydrogen-bond acceptors (Lipinski definition) is 5. The second-order valence-electron chi connectivity index (χ2n) is 10.5. The van der Waals surface area contributed by atoms with E-state index in [1.165, 1.54) is 13.5 Å². The Labute approximate surface area is 187 Å². The molecule has 6 nitrogen and oxygen atoms in total. The van der Waals surface area contributed by atoms with Crippen LogP contribution in [-0.4, -0.2) is 74.3 Å². The zero-order valence-electron chi connectivity index (χ0n) is 19.6. The number of morpholine rings is 1. The predicted molar refractivity (Wildman–Crippen MR) is 120 cm³/mol. The minimum absolute atomic E-state index is 0.234. The van der Waals surface area contributed by atoms with Crippen molar-refractivity contribution in [1.82, 2.24) is 0 Å². The first-order valence-electron chi connectivity index (χ1n) is 11.6. The minimum atomic E-state index is -0.507. The van der Waals surface area contributed by atoms with Crippen LogP contribution in [0.25, 0.3) is 0 Å². The lowest BCUT2D eigenvalue weighted by Gasteiger charge is -2.43. The summed E-state index contributed by atoms with van der Waals surface area (Å²) in [4.78, 5) is 11.7. The third-order valence-corrected chi connectivity index (χ3v) is 6.78. The van der Waals surface area contributed by atoms with Gasteiger partial charge in [0.15, 0.2) is 0 Å². The first kappa shape index (κ1) is 24.2. The lowest BCUT2D eigenvalue weighted by molar-refractivity contribution is -0.950. The van der Waals surface area contributed by atoms with Crippen LogP contribution in [0.1, 0.15) is 56.0 Å². The Morgan fingerprint density at radius 1 is 1.23 bits per heavy atom. The minimum Gasteiger partial charge on any atom is -0.465 e. The van der Waals surface area contributed by atoms with Crippen LogP contribution in [0.4, 0.5) is 0 Å². The Balaban J connectivity index is 1.59. The number of aliphatic hydroxyl groups is 1. The van der Waals surface area contributed by atoms with Crippen molar-refractivity contribution in [3.05, 3.63) is 35.4 Å². The number of aliphatic hydroxyl groups excluding tert-OH is 1. The molecule has 6 heteroatoms. The molecule has 1 aromatic carbocycles. The van der Waals surface area contributed by atoms with Gasteiger partial charge in [0.05, 0.1) is 38.6 Å². The Hall–Kier alpha value is -1.47. The Kier molecular flexibility index (Phi) is 8.14. The molecule has 0 amide bonds. The van der Waals surface area contributed by atoms with E-state index in [-0.39, 0.29) is 12.1 Å².